The van der Waals surface area contributed by atoms with Crippen molar-refractivity contribution < 1.29 is 0 Å². The van der Waals surface area contributed by atoms with Crippen LogP contribution in [0.25, 0.3) is 0 Å². The van der Waals surface area contributed by atoms with Crippen LogP contribution >= 0.6 is 23.4 Å². The Kier molecular flexibility index (Phi) is 5.34. The smallest absolute Gasteiger partial charge is 0.102 e. The summed E-state index contributed by atoms with van der Waals surface area (Å²) >= 11 is 7.55. The molecular formula is C16H15ClN2S. The first-order chi connectivity index (χ1) is 9.74. The predicted octanol–water partition coefficient (Wildman–Crippen LogP) is 4.94. The SMILES string of the molecule is CCSc1cccc(NCc2ccc(Cl)cc2)c1C#N. The number of nitrogens with one attached hydrogen (secondary N) is 1. The van der Waals surface area contributed by atoms with Gasteiger partial charge in [0.1, 0.15) is 6.07 Å². The third-order valence-electron chi connectivity index (χ3n) is 2.83. The number of rotatable bonds is 5. The zero-order chi connectivity index (χ0) is 14.4. The van der Waals surface area contributed by atoms with Gasteiger partial charge in [-0.05, 0) is 35.6 Å². The molecule has 20 heavy (non-hydrogen) atoms. The topological polar surface area (TPSA) is 35.8 Å². The van der Waals surface area contributed by atoms with Gasteiger partial charge < -0.3 is 5.32 Å². The number of benzene rings is 2. The van der Waals surface area contributed by atoms with E-state index in [1.807, 2.05) is 42.5 Å². The van der Waals surface area contributed by atoms with Crippen LogP contribution in [-0.2, 0) is 6.54 Å². The van der Waals surface area contributed by atoms with Crippen LogP contribution in [0.5, 0.6) is 0 Å². The van der Waals surface area contributed by atoms with Crippen LogP contribution in [-0.4, -0.2) is 5.75 Å². The van der Waals surface area contributed by atoms with Gasteiger partial charge in [-0.3, -0.25) is 0 Å². The summed E-state index contributed by atoms with van der Waals surface area (Å²) in [6.45, 7) is 2.76. The van der Waals surface area contributed by atoms with E-state index in [9.17, 15) is 5.26 Å². The third-order valence-corrected chi connectivity index (χ3v) is 4.03. The minimum absolute atomic E-state index is 0.673. The molecule has 0 amide bonds. The molecular weight excluding hydrogens is 288 g/mol. The third kappa shape index (κ3) is 3.69. The molecule has 0 spiro atoms. The normalized spacial score (nSPS) is 10.1. The highest BCUT2D eigenvalue weighted by atomic mass is 35.5. The highest BCUT2D eigenvalue weighted by molar-refractivity contribution is 7.99. The second-order valence-electron chi connectivity index (χ2n) is 4.20. The lowest BCUT2D eigenvalue weighted by Crippen LogP contribution is -2.01. The molecule has 2 nitrogen and oxygen atoms in total. The van der Waals surface area contributed by atoms with Gasteiger partial charge in [-0.1, -0.05) is 36.7 Å². The number of halogens is 1. The first kappa shape index (κ1) is 14.8. The molecule has 2 aromatic rings. The van der Waals surface area contributed by atoms with E-state index >= 15 is 0 Å². The first-order valence-corrected chi connectivity index (χ1v) is 7.75. The van der Waals surface area contributed by atoms with Gasteiger partial charge in [0.2, 0.25) is 0 Å². The molecule has 4 heteroatoms. The summed E-state index contributed by atoms with van der Waals surface area (Å²) in [5.74, 6) is 0.954. The maximum Gasteiger partial charge on any atom is 0.102 e. The number of anilines is 1. The van der Waals surface area contributed by atoms with Crippen LogP contribution in [0.1, 0.15) is 18.1 Å². The minimum atomic E-state index is 0.673. The van der Waals surface area contributed by atoms with Crippen molar-refractivity contribution in [2.45, 2.75) is 18.4 Å². The quantitative estimate of drug-likeness (QED) is 0.795. The molecule has 0 radical (unpaired) electrons. The number of hydrogen-bond donors (Lipinski definition) is 1. The van der Waals surface area contributed by atoms with Crippen LogP contribution in [0.3, 0.4) is 0 Å². The lowest BCUT2D eigenvalue weighted by Gasteiger charge is -2.11. The first-order valence-electron chi connectivity index (χ1n) is 6.38. The van der Waals surface area contributed by atoms with E-state index in [1.165, 1.54) is 0 Å². The van der Waals surface area contributed by atoms with Gasteiger partial charge in [-0.25, -0.2) is 0 Å². The van der Waals surface area contributed by atoms with Crippen LogP contribution in [0.4, 0.5) is 5.69 Å². The molecule has 0 heterocycles. The molecule has 0 aliphatic carbocycles. The minimum Gasteiger partial charge on any atom is -0.380 e. The molecule has 1 N–H and O–H groups in total. The Hall–Kier alpha value is -1.63. The number of thioether (sulfide) groups is 1. The maximum absolute atomic E-state index is 9.34. The van der Waals surface area contributed by atoms with E-state index in [-0.39, 0.29) is 0 Å². The Labute approximate surface area is 128 Å². The van der Waals surface area contributed by atoms with Crippen LogP contribution in [0.2, 0.25) is 5.02 Å². The fourth-order valence-corrected chi connectivity index (χ4v) is 2.78. The molecule has 0 fully saturated rings. The van der Waals surface area contributed by atoms with Gasteiger partial charge >= 0.3 is 0 Å². The van der Waals surface area contributed by atoms with Crippen LogP contribution < -0.4 is 5.32 Å². The molecule has 102 valence electrons. The molecule has 0 atom stereocenters. The average molecular weight is 303 g/mol. The summed E-state index contributed by atoms with van der Waals surface area (Å²) in [4.78, 5) is 1.02. The van der Waals surface area contributed by atoms with Crippen molar-refractivity contribution in [3.63, 3.8) is 0 Å². The summed E-state index contributed by atoms with van der Waals surface area (Å²) in [6, 6.07) is 15.9. The fourth-order valence-electron chi connectivity index (χ4n) is 1.87. The molecule has 2 rings (SSSR count). The Morgan fingerprint density at radius 1 is 1.20 bits per heavy atom. The predicted molar refractivity (Wildman–Crippen MR) is 86.3 cm³/mol. The van der Waals surface area contributed by atoms with Crippen molar-refractivity contribution in [3.8, 4) is 6.07 Å². The second kappa shape index (κ2) is 7.23. The zero-order valence-corrected chi connectivity index (χ0v) is 12.8. The molecule has 0 bridgehead atoms. The Balaban J connectivity index is 2.15. The summed E-state index contributed by atoms with van der Waals surface area (Å²) < 4.78 is 0. The van der Waals surface area contributed by atoms with E-state index in [4.69, 9.17) is 11.6 Å². The molecule has 0 aliphatic rings. The van der Waals surface area contributed by atoms with Crippen LogP contribution in [0.15, 0.2) is 47.4 Å². The summed E-state index contributed by atoms with van der Waals surface area (Å²) in [5.41, 5.74) is 2.72. The zero-order valence-electron chi connectivity index (χ0n) is 11.2. The van der Waals surface area contributed by atoms with E-state index in [2.05, 4.69) is 18.3 Å². The van der Waals surface area contributed by atoms with Crippen molar-refractivity contribution >= 4 is 29.1 Å². The van der Waals surface area contributed by atoms with E-state index < -0.39 is 0 Å². The van der Waals surface area contributed by atoms with Gasteiger partial charge in [0.25, 0.3) is 0 Å². The summed E-state index contributed by atoms with van der Waals surface area (Å²) in [7, 11) is 0. The largest absolute Gasteiger partial charge is 0.380 e. The standard InChI is InChI=1S/C16H15ClN2S/c1-2-20-16-5-3-4-15(14(16)10-18)19-11-12-6-8-13(17)9-7-12/h3-9,19H,2,11H2,1H3. The lowest BCUT2D eigenvalue weighted by atomic mass is 10.1. The second-order valence-corrected chi connectivity index (χ2v) is 5.95. The Morgan fingerprint density at radius 3 is 2.60 bits per heavy atom. The van der Waals surface area contributed by atoms with Crippen molar-refractivity contribution in [2.24, 2.45) is 0 Å². The number of nitrogens with zero attached hydrogens (tertiary/aromatic N) is 1. The molecule has 0 saturated heterocycles. The number of hydrogen-bond acceptors (Lipinski definition) is 3. The van der Waals surface area contributed by atoms with Crippen LogP contribution in [0, 0.1) is 11.3 Å². The molecule has 0 saturated carbocycles. The monoisotopic (exact) mass is 302 g/mol. The van der Waals surface area contributed by atoms with Crippen molar-refractivity contribution in [1.82, 2.24) is 0 Å². The van der Waals surface area contributed by atoms with Crippen molar-refractivity contribution in [3.05, 3.63) is 58.6 Å². The maximum atomic E-state index is 9.34. The van der Waals surface area contributed by atoms with Gasteiger partial charge in [-0.15, -0.1) is 11.8 Å². The summed E-state index contributed by atoms with van der Waals surface area (Å²) in [5, 5.41) is 13.4. The fraction of sp³-hybridized carbons (Fsp3) is 0.188. The average Bonchev–Trinajstić information content (AvgIpc) is 2.47. The van der Waals surface area contributed by atoms with Gasteiger partial charge in [0.15, 0.2) is 0 Å². The highest BCUT2D eigenvalue weighted by Crippen LogP contribution is 2.28. The van der Waals surface area contributed by atoms with Crippen molar-refractivity contribution in [2.75, 3.05) is 11.1 Å². The highest BCUT2D eigenvalue weighted by Gasteiger charge is 2.07. The van der Waals surface area contributed by atoms with Gasteiger partial charge in [-0.2, -0.15) is 5.26 Å². The Morgan fingerprint density at radius 2 is 1.95 bits per heavy atom. The Bertz CT molecular complexity index is 617. The molecule has 0 aromatic heterocycles. The van der Waals surface area contributed by atoms with Gasteiger partial charge in [0, 0.05) is 16.5 Å². The lowest BCUT2D eigenvalue weighted by molar-refractivity contribution is 1.14. The van der Waals surface area contributed by atoms with Gasteiger partial charge in [0.05, 0.1) is 11.3 Å². The van der Waals surface area contributed by atoms with E-state index in [0.29, 0.717) is 12.1 Å². The molecule has 2 aromatic carbocycles. The molecule has 0 aliphatic heterocycles. The van der Waals surface area contributed by atoms with Crippen molar-refractivity contribution in [1.29, 1.82) is 5.26 Å². The van der Waals surface area contributed by atoms with E-state index in [1.54, 1.807) is 11.8 Å². The molecule has 0 unspecified atom stereocenters. The number of nitriles is 1. The van der Waals surface area contributed by atoms with E-state index in [0.717, 1.165) is 26.9 Å². The summed E-state index contributed by atoms with van der Waals surface area (Å²) in [6.07, 6.45) is 0.